The lowest BCUT2D eigenvalue weighted by Crippen LogP contribution is -2.13. The van der Waals surface area contributed by atoms with Crippen LogP contribution in [0.15, 0.2) is 60.0 Å². The van der Waals surface area contributed by atoms with Crippen LogP contribution in [-0.4, -0.2) is 16.0 Å². The summed E-state index contributed by atoms with van der Waals surface area (Å²) >= 11 is 0. The van der Waals surface area contributed by atoms with E-state index in [1.807, 2.05) is 0 Å². The van der Waals surface area contributed by atoms with Gasteiger partial charge in [-0.1, -0.05) is 13.0 Å². The van der Waals surface area contributed by atoms with Crippen LogP contribution in [0, 0.1) is 26.1 Å². The zero-order valence-electron chi connectivity index (χ0n) is 12.4. The molecule has 24 heavy (non-hydrogen) atoms. The highest BCUT2D eigenvalue weighted by Crippen LogP contribution is 2.22. The Labute approximate surface area is 135 Å². The SMILES string of the molecule is CC1C=CC([N+](=O)[O-])=CC=C1OC(=O)Oc1ccc([N+](=O)[O-])cc1. The molecule has 0 heterocycles. The zero-order valence-corrected chi connectivity index (χ0v) is 12.4. The normalized spacial score (nSPS) is 16.5. The lowest BCUT2D eigenvalue weighted by molar-refractivity contribution is -0.419. The Morgan fingerprint density at radius 1 is 1.04 bits per heavy atom. The van der Waals surface area contributed by atoms with Gasteiger partial charge in [-0.25, -0.2) is 4.79 Å². The van der Waals surface area contributed by atoms with Crippen LogP contribution in [-0.2, 0) is 4.74 Å². The lowest BCUT2D eigenvalue weighted by atomic mass is 10.1. The van der Waals surface area contributed by atoms with Crippen LogP contribution in [0.2, 0.25) is 0 Å². The molecule has 1 unspecified atom stereocenters. The van der Waals surface area contributed by atoms with E-state index in [4.69, 9.17) is 9.47 Å². The fraction of sp³-hybridized carbons (Fsp3) is 0.133. The number of ether oxygens (including phenoxy) is 2. The number of carbonyl (C=O) groups is 1. The third kappa shape index (κ3) is 4.26. The van der Waals surface area contributed by atoms with Crippen LogP contribution < -0.4 is 4.74 Å². The van der Waals surface area contributed by atoms with Crippen LogP contribution in [0.3, 0.4) is 0 Å². The van der Waals surface area contributed by atoms with Gasteiger partial charge in [-0.15, -0.1) is 0 Å². The average Bonchev–Trinajstić information content (AvgIpc) is 2.70. The molecular weight excluding hydrogens is 320 g/mol. The maximum Gasteiger partial charge on any atom is 0.519 e. The minimum absolute atomic E-state index is 0.0736. The first-order valence-corrected chi connectivity index (χ1v) is 6.75. The van der Waals surface area contributed by atoms with E-state index in [0.717, 1.165) is 0 Å². The average molecular weight is 332 g/mol. The summed E-state index contributed by atoms with van der Waals surface area (Å²) in [5, 5.41) is 21.3. The highest BCUT2D eigenvalue weighted by Gasteiger charge is 2.18. The number of carbonyl (C=O) groups excluding carboxylic acids is 1. The summed E-state index contributed by atoms with van der Waals surface area (Å²) in [6.45, 7) is 1.69. The van der Waals surface area contributed by atoms with Gasteiger partial charge in [-0.05, 0) is 18.2 Å². The van der Waals surface area contributed by atoms with E-state index in [1.165, 1.54) is 48.6 Å². The molecule has 0 aromatic heterocycles. The smallest absolute Gasteiger partial charge is 0.399 e. The van der Waals surface area contributed by atoms with Crippen molar-refractivity contribution in [3.63, 3.8) is 0 Å². The molecule has 0 aliphatic heterocycles. The van der Waals surface area contributed by atoms with Gasteiger partial charge < -0.3 is 9.47 Å². The summed E-state index contributed by atoms with van der Waals surface area (Å²) in [6.07, 6.45) is 4.33. The molecule has 1 aliphatic carbocycles. The summed E-state index contributed by atoms with van der Waals surface area (Å²) in [6, 6.07) is 4.89. The van der Waals surface area contributed by atoms with Gasteiger partial charge in [0, 0.05) is 30.2 Å². The molecule has 1 aromatic carbocycles. The van der Waals surface area contributed by atoms with E-state index in [2.05, 4.69) is 0 Å². The van der Waals surface area contributed by atoms with E-state index in [0.29, 0.717) is 0 Å². The maximum absolute atomic E-state index is 11.8. The fourth-order valence-electron chi connectivity index (χ4n) is 1.81. The van der Waals surface area contributed by atoms with E-state index in [-0.39, 0.29) is 28.8 Å². The molecular formula is C15H12N2O7. The van der Waals surface area contributed by atoms with Crippen LogP contribution in [0.25, 0.3) is 0 Å². The number of rotatable bonds is 4. The second-order valence-electron chi connectivity index (χ2n) is 4.77. The largest absolute Gasteiger partial charge is 0.519 e. The van der Waals surface area contributed by atoms with Crippen LogP contribution in [0.5, 0.6) is 5.75 Å². The summed E-state index contributed by atoms with van der Waals surface area (Å²) < 4.78 is 9.95. The first kappa shape index (κ1) is 16.9. The molecule has 1 atom stereocenters. The molecule has 0 radical (unpaired) electrons. The number of hydrogen-bond donors (Lipinski definition) is 0. The van der Waals surface area contributed by atoms with E-state index in [9.17, 15) is 25.0 Å². The molecule has 0 amide bonds. The van der Waals surface area contributed by atoms with Gasteiger partial charge in [0.15, 0.2) is 0 Å². The standard InChI is InChI=1S/C15H12N2O7/c1-10-2-3-11(16(19)20)6-9-14(10)24-15(18)23-13-7-4-12(5-8-13)17(21)22/h2-10H,1H3. The van der Waals surface area contributed by atoms with Gasteiger partial charge in [0.2, 0.25) is 0 Å². The predicted octanol–water partition coefficient (Wildman–Crippen LogP) is 3.36. The van der Waals surface area contributed by atoms with Gasteiger partial charge in [0.1, 0.15) is 11.5 Å². The Bertz CT molecular complexity index is 763. The van der Waals surface area contributed by atoms with Crippen molar-refractivity contribution in [2.45, 2.75) is 6.92 Å². The van der Waals surface area contributed by atoms with Crippen molar-refractivity contribution in [2.75, 3.05) is 0 Å². The molecule has 0 N–H and O–H groups in total. The molecule has 124 valence electrons. The topological polar surface area (TPSA) is 122 Å². The predicted molar refractivity (Wildman–Crippen MR) is 81.7 cm³/mol. The first-order chi connectivity index (χ1) is 11.4. The van der Waals surface area contributed by atoms with Crippen LogP contribution >= 0.6 is 0 Å². The molecule has 9 nitrogen and oxygen atoms in total. The highest BCUT2D eigenvalue weighted by atomic mass is 16.7. The van der Waals surface area contributed by atoms with Crippen molar-refractivity contribution in [1.82, 2.24) is 0 Å². The Morgan fingerprint density at radius 2 is 1.71 bits per heavy atom. The van der Waals surface area contributed by atoms with E-state index in [1.54, 1.807) is 6.92 Å². The highest BCUT2D eigenvalue weighted by molar-refractivity contribution is 5.65. The van der Waals surface area contributed by atoms with Gasteiger partial charge in [-0.3, -0.25) is 20.2 Å². The number of non-ortho nitro benzene ring substituents is 1. The molecule has 1 aromatic rings. The summed E-state index contributed by atoms with van der Waals surface area (Å²) in [7, 11) is 0. The van der Waals surface area contributed by atoms with E-state index < -0.39 is 16.0 Å². The first-order valence-electron chi connectivity index (χ1n) is 6.75. The third-order valence-electron chi connectivity index (χ3n) is 3.08. The number of nitrogens with zero attached hydrogens (tertiary/aromatic N) is 2. The fourth-order valence-corrected chi connectivity index (χ4v) is 1.81. The maximum atomic E-state index is 11.8. The van der Waals surface area contributed by atoms with Crippen molar-refractivity contribution < 1.29 is 24.1 Å². The van der Waals surface area contributed by atoms with Crippen molar-refractivity contribution in [1.29, 1.82) is 0 Å². The summed E-state index contributed by atoms with van der Waals surface area (Å²) in [4.78, 5) is 31.9. The third-order valence-corrected chi connectivity index (χ3v) is 3.08. The number of hydrogen-bond acceptors (Lipinski definition) is 7. The molecule has 0 bridgehead atoms. The zero-order chi connectivity index (χ0) is 17.7. The number of allylic oxidation sites excluding steroid dienone is 4. The van der Waals surface area contributed by atoms with Crippen LogP contribution in [0.1, 0.15) is 6.92 Å². The van der Waals surface area contributed by atoms with Crippen molar-refractivity contribution in [2.24, 2.45) is 5.92 Å². The number of nitro groups is 2. The monoisotopic (exact) mass is 332 g/mol. The Balaban J connectivity index is 2.04. The quantitative estimate of drug-likeness (QED) is 0.358. The van der Waals surface area contributed by atoms with Gasteiger partial charge in [0.05, 0.1) is 9.85 Å². The Morgan fingerprint density at radius 3 is 2.29 bits per heavy atom. The van der Waals surface area contributed by atoms with Gasteiger partial charge in [-0.2, -0.15) is 0 Å². The Kier molecular flexibility index (Phi) is 5.05. The minimum Gasteiger partial charge on any atom is -0.399 e. The summed E-state index contributed by atoms with van der Waals surface area (Å²) in [5.41, 5.74) is -0.275. The van der Waals surface area contributed by atoms with Gasteiger partial charge >= 0.3 is 6.16 Å². The van der Waals surface area contributed by atoms with Crippen LogP contribution in [0.4, 0.5) is 10.5 Å². The van der Waals surface area contributed by atoms with E-state index >= 15 is 0 Å². The lowest BCUT2D eigenvalue weighted by Gasteiger charge is -2.11. The molecule has 9 heteroatoms. The van der Waals surface area contributed by atoms with Crippen molar-refractivity contribution >= 4 is 11.8 Å². The molecule has 0 fully saturated rings. The molecule has 0 saturated heterocycles. The molecule has 2 rings (SSSR count). The molecule has 1 aliphatic rings. The summed E-state index contributed by atoms with van der Waals surface area (Å²) in [5.74, 6) is -0.123. The molecule has 0 saturated carbocycles. The number of nitro benzene ring substituents is 1. The molecule has 0 spiro atoms. The Hall–Kier alpha value is -3.49. The van der Waals surface area contributed by atoms with Gasteiger partial charge in [0.25, 0.3) is 11.4 Å². The second-order valence-corrected chi connectivity index (χ2v) is 4.77. The van der Waals surface area contributed by atoms with Crippen molar-refractivity contribution in [3.8, 4) is 5.75 Å². The van der Waals surface area contributed by atoms with Crippen molar-refractivity contribution in [3.05, 3.63) is 80.3 Å². The number of benzene rings is 1. The minimum atomic E-state index is -1.05. The second kappa shape index (κ2) is 7.18.